The summed E-state index contributed by atoms with van der Waals surface area (Å²) in [4.78, 5) is 26.5. The van der Waals surface area contributed by atoms with Crippen molar-refractivity contribution in [2.75, 3.05) is 26.9 Å². The van der Waals surface area contributed by atoms with Crippen molar-refractivity contribution in [1.82, 2.24) is 4.90 Å². The van der Waals surface area contributed by atoms with E-state index < -0.39 is 0 Å². The molecule has 0 spiro atoms. The minimum absolute atomic E-state index is 0.0955. The van der Waals surface area contributed by atoms with E-state index in [1.54, 1.807) is 18.2 Å². The number of ether oxygens (including phenoxy) is 3. The van der Waals surface area contributed by atoms with E-state index in [2.05, 4.69) is 21.9 Å². The molecule has 1 saturated heterocycles. The average Bonchev–Trinajstić information content (AvgIpc) is 3.00. The fourth-order valence-corrected chi connectivity index (χ4v) is 4.13. The Balaban J connectivity index is 1.71. The first-order valence-electron chi connectivity index (χ1n) is 8.90. The number of rotatable bonds is 8. The summed E-state index contributed by atoms with van der Waals surface area (Å²) in [5.41, 5.74) is 0.679. The molecule has 30 heavy (non-hydrogen) atoms. The molecule has 1 aliphatic rings. The molecule has 1 heterocycles. The Morgan fingerprint density at radius 2 is 1.97 bits per heavy atom. The number of methoxy groups -OCH3 is 1. The first-order valence-corrected chi connectivity index (χ1v) is 10.5. The summed E-state index contributed by atoms with van der Waals surface area (Å²) < 4.78 is 17.1. The van der Waals surface area contributed by atoms with Gasteiger partial charge in [0.25, 0.3) is 11.1 Å². The lowest BCUT2D eigenvalue weighted by Crippen LogP contribution is -2.32. The van der Waals surface area contributed by atoms with Crippen molar-refractivity contribution in [3.63, 3.8) is 0 Å². The molecule has 2 amide bonds. The van der Waals surface area contributed by atoms with Gasteiger partial charge in [-0.3, -0.25) is 14.5 Å². The first-order chi connectivity index (χ1) is 14.5. The van der Waals surface area contributed by atoms with Crippen molar-refractivity contribution in [2.45, 2.75) is 0 Å². The number of hydrogen-bond donors (Lipinski definition) is 0. The van der Waals surface area contributed by atoms with Gasteiger partial charge < -0.3 is 14.2 Å². The molecule has 3 rings (SSSR count). The zero-order chi connectivity index (χ0) is 21.5. The van der Waals surface area contributed by atoms with Gasteiger partial charge in [0, 0.05) is 0 Å². The number of hydrogen-bond acceptors (Lipinski definition) is 6. The number of terminal acetylenes is 1. The molecule has 0 aliphatic carbocycles. The van der Waals surface area contributed by atoms with Crippen LogP contribution in [0, 0.1) is 12.3 Å². The quantitative estimate of drug-likeness (QED) is 0.400. The first kappa shape index (κ1) is 21.8. The van der Waals surface area contributed by atoms with E-state index in [0.717, 1.165) is 11.8 Å². The number of carbonyl (C=O) groups excluding carboxylic acids is 2. The third kappa shape index (κ3) is 5.17. The van der Waals surface area contributed by atoms with Gasteiger partial charge in [-0.1, -0.05) is 24.1 Å². The molecular weight excluding hydrogens is 470 g/mol. The third-order valence-corrected chi connectivity index (χ3v) is 5.55. The van der Waals surface area contributed by atoms with Crippen LogP contribution in [-0.4, -0.2) is 42.9 Å². The van der Waals surface area contributed by atoms with E-state index in [9.17, 15) is 9.59 Å². The van der Waals surface area contributed by atoms with Crippen LogP contribution in [-0.2, 0) is 4.79 Å². The highest BCUT2D eigenvalue weighted by atomic mass is 79.9. The van der Waals surface area contributed by atoms with E-state index in [4.69, 9.17) is 20.6 Å². The van der Waals surface area contributed by atoms with Gasteiger partial charge in [0.1, 0.15) is 19.0 Å². The third-order valence-electron chi connectivity index (χ3n) is 4.05. The number of para-hydroxylation sites is 1. The van der Waals surface area contributed by atoms with E-state index in [0.29, 0.717) is 32.2 Å². The standard InChI is InChI=1S/C22H18BrNO5S/c1-3-10-29-20-17(23)12-15(13-18(20)27-2)14-19-21(25)24(22(26)30-19)9-11-28-16-7-5-4-6-8-16/h1,4-8,12-14H,9-11H2,2H3/b19-14-. The van der Waals surface area contributed by atoms with Crippen molar-refractivity contribution < 1.29 is 23.8 Å². The van der Waals surface area contributed by atoms with Crippen LogP contribution in [0.5, 0.6) is 17.2 Å². The molecule has 0 aromatic heterocycles. The van der Waals surface area contributed by atoms with Crippen LogP contribution in [0.25, 0.3) is 6.08 Å². The number of halogens is 1. The molecule has 2 aromatic rings. The molecular formula is C22H18BrNO5S. The van der Waals surface area contributed by atoms with Crippen LogP contribution in [0.15, 0.2) is 51.8 Å². The second-order valence-electron chi connectivity index (χ2n) is 6.02. The maximum Gasteiger partial charge on any atom is 0.293 e. The lowest BCUT2D eigenvalue weighted by atomic mass is 10.2. The minimum Gasteiger partial charge on any atom is -0.493 e. The number of amides is 2. The highest BCUT2D eigenvalue weighted by molar-refractivity contribution is 9.10. The Kier molecular flexibility index (Phi) is 7.44. The van der Waals surface area contributed by atoms with E-state index in [1.165, 1.54) is 12.0 Å². The summed E-state index contributed by atoms with van der Waals surface area (Å²) in [6.07, 6.45) is 6.88. The van der Waals surface area contributed by atoms with Crippen molar-refractivity contribution in [3.05, 3.63) is 57.4 Å². The fraction of sp³-hybridized carbons (Fsp3) is 0.182. The molecule has 0 radical (unpaired) electrons. The highest BCUT2D eigenvalue weighted by Gasteiger charge is 2.34. The van der Waals surface area contributed by atoms with E-state index in [1.807, 2.05) is 30.3 Å². The van der Waals surface area contributed by atoms with E-state index in [-0.39, 0.29) is 30.9 Å². The van der Waals surface area contributed by atoms with Gasteiger partial charge in [-0.15, -0.1) is 6.42 Å². The molecule has 2 aromatic carbocycles. The Labute approximate surface area is 187 Å². The van der Waals surface area contributed by atoms with Crippen LogP contribution in [0.1, 0.15) is 5.56 Å². The van der Waals surface area contributed by atoms with Crippen molar-refractivity contribution in [2.24, 2.45) is 0 Å². The molecule has 0 saturated carbocycles. The van der Waals surface area contributed by atoms with Crippen LogP contribution >= 0.6 is 27.7 Å². The van der Waals surface area contributed by atoms with Crippen molar-refractivity contribution in [1.29, 1.82) is 0 Å². The van der Waals surface area contributed by atoms with Crippen molar-refractivity contribution in [3.8, 4) is 29.6 Å². The summed E-state index contributed by atoms with van der Waals surface area (Å²) in [7, 11) is 1.51. The van der Waals surface area contributed by atoms with Gasteiger partial charge in [-0.25, -0.2) is 0 Å². The topological polar surface area (TPSA) is 65.1 Å². The Morgan fingerprint density at radius 1 is 1.20 bits per heavy atom. The number of nitrogens with zero attached hydrogens (tertiary/aromatic N) is 1. The molecule has 0 bridgehead atoms. The Morgan fingerprint density at radius 3 is 2.67 bits per heavy atom. The molecule has 1 aliphatic heterocycles. The summed E-state index contributed by atoms with van der Waals surface area (Å²) in [6.45, 7) is 0.483. The number of imide groups is 1. The predicted molar refractivity (Wildman–Crippen MR) is 120 cm³/mol. The smallest absolute Gasteiger partial charge is 0.293 e. The van der Waals surface area contributed by atoms with Crippen molar-refractivity contribution >= 4 is 44.9 Å². The predicted octanol–water partition coefficient (Wildman–Crippen LogP) is 4.59. The van der Waals surface area contributed by atoms with Gasteiger partial charge in [-0.2, -0.15) is 0 Å². The fourth-order valence-electron chi connectivity index (χ4n) is 2.69. The minimum atomic E-state index is -0.357. The van der Waals surface area contributed by atoms with Gasteiger partial charge in [0.05, 0.1) is 23.0 Å². The lowest BCUT2D eigenvalue weighted by Gasteiger charge is -2.13. The van der Waals surface area contributed by atoms with Crippen LogP contribution in [0.2, 0.25) is 0 Å². The number of carbonyl (C=O) groups is 2. The summed E-state index contributed by atoms with van der Waals surface area (Å²) >= 11 is 4.31. The molecule has 1 fully saturated rings. The van der Waals surface area contributed by atoms with Crippen LogP contribution < -0.4 is 14.2 Å². The molecule has 6 nitrogen and oxygen atoms in total. The van der Waals surface area contributed by atoms with Gasteiger partial charge in [-0.05, 0) is 63.6 Å². The zero-order valence-electron chi connectivity index (χ0n) is 16.1. The van der Waals surface area contributed by atoms with Crippen LogP contribution in [0.4, 0.5) is 4.79 Å². The largest absolute Gasteiger partial charge is 0.493 e. The monoisotopic (exact) mass is 487 g/mol. The maximum absolute atomic E-state index is 12.7. The van der Waals surface area contributed by atoms with Gasteiger partial charge in [0.15, 0.2) is 11.5 Å². The maximum atomic E-state index is 12.7. The second-order valence-corrected chi connectivity index (χ2v) is 7.87. The summed E-state index contributed by atoms with van der Waals surface area (Å²) in [5.74, 6) is 3.66. The van der Waals surface area contributed by atoms with E-state index >= 15 is 0 Å². The molecule has 8 heteroatoms. The second kappa shape index (κ2) is 10.2. The Hall–Kier alpha value is -2.89. The summed E-state index contributed by atoms with van der Waals surface area (Å²) in [6, 6.07) is 12.7. The van der Waals surface area contributed by atoms with Gasteiger partial charge in [0.2, 0.25) is 0 Å². The SMILES string of the molecule is C#CCOc1c(Br)cc(/C=C2\SC(=O)N(CCOc3ccccc3)C2=O)cc1OC. The molecule has 0 N–H and O–H groups in total. The van der Waals surface area contributed by atoms with Crippen LogP contribution in [0.3, 0.4) is 0 Å². The molecule has 154 valence electrons. The molecule has 0 atom stereocenters. The number of benzene rings is 2. The Bertz CT molecular complexity index is 1020. The van der Waals surface area contributed by atoms with Gasteiger partial charge >= 0.3 is 0 Å². The average molecular weight is 488 g/mol. The number of thioether (sulfide) groups is 1. The summed E-state index contributed by atoms with van der Waals surface area (Å²) in [5, 5.41) is -0.331. The lowest BCUT2D eigenvalue weighted by molar-refractivity contribution is -0.123. The highest BCUT2D eigenvalue weighted by Crippen LogP contribution is 2.39. The zero-order valence-corrected chi connectivity index (χ0v) is 18.5. The normalized spacial score (nSPS) is 14.7. The molecule has 0 unspecified atom stereocenters.